The standard InChI is InChI=1S/C43H80O3Si/c1-43(2,3)47(4,5)46-39-35-30-28-26-24-22-20-18-16-14-12-10-8-6-7-9-11-13-15-17-19-21-23-25-27-29-34-38-42(44)45-40-41-36-32-31-33-37-41/h31-33,36-37H,6-30,34-35,38-40H2,1-5H3. The molecule has 0 unspecified atom stereocenters. The van der Waals surface area contributed by atoms with Crippen LogP contribution in [-0.4, -0.2) is 20.9 Å². The lowest BCUT2D eigenvalue weighted by atomic mass is 10.0. The Morgan fingerprint density at radius 1 is 0.511 bits per heavy atom. The highest BCUT2D eigenvalue weighted by Crippen LogP contribution is 2.36. The smallest absolute Gasteiger partial charge is 0.306 e. The van der Waals surface area contributed by atoms with Crippen molar-refractivity contribution in [2.24, 2.45) is 0 Å². The molecule has 1 aromatic rings. The zero-order valence-electron chi connectivity index (χ0n) is 32.3. The SMILES string of the molecule is CC(C)(C)[Si](C)(C)OCCCCCCCCCCCCCCCCCCCCCCCCCCCCCC(=O)OCc1ccccc1. The normalized spacial score (nSPS) is 12.1. The second kappa shape index (κ2) is 29.8. The fraction of sp³-hybridized carbons (Fsp3) is 0.837. The van der Waals surface area contributed by atoms with E-state index in [0.29, 0.717) is 18.1 Å². The quantitative estimate of drug-likeness (QED) is 0.0423. The number of hydrogen-bond donors (Lipinski definition) is 0. The predicted molar refractivity (Wildman–Crippen MR) is 209 cm³/mol. The topological polar surface area (TPSA) is 35.5 Å². The van der Waals surface area contributed by atoms with E-state index in [1.807, 2.05) is 30.3 Å². The van der Waals surface area contributed by atoms with E-state index in [1.165, 1.54) is 161 Å². The molecule has 0 atom stereocenters. The lowest BCUT2D eigenvalue weighted by Crippen LogP contribution is -2.40. The number of carbonyl (C=O) groups excluding carboxylic acids is 1. The molecular weight excluding hydrogens is 593 g/mol. The van der Waals surface area contributed by atoms with Gasteiger partial charge in [0.05, 0.1) is 0 Å². The molecule has 0 saturated carbocycles. The maximum absolute atomic E-state index is 11.9. The van der Waals surface area contributed by atoms with Crippen LogP contribution in [0.15, 0.2) is 30.3 Å². The second-order valence-corrected chi connectivity index (χ2v) is 20.9. The highest BCUT2D eigenvalue weighted by Gasteiger charge is 2.36. The van der Waals surface area contributed by atoms with Crippen molar-refractivity contribution in [2.75, 3.05) is 6.61 Å². The minimum absolute atomic E-state index is 0.0585. The van der Waals surface area contributed by atoms with Gasteiger partial charge in [-0.3, -0.25) is 4.79 Å². The number of benzene rings is 1. The first-order chi connectivity index (χ1) is 22.7. The molecule has 4 heteroatoms. The van der Waals surface area contributed by atoms with Gasteiger partial charge in [-0.1, -0.05) is 212 Å². The van der Waals surface area contributed by atoms with Gasteiger partial charge < -0.3 is 9.16 Å². The van der Waals surface area contributed by atoms with Gasteiger partial charge in [0.2, 0.25) is 0 Å². The second-order valence-electron chi connectivity index (χ2n) is 16.1. The van der Waals surface area contributed by atoms with E-state index in [1.54, 1.807) is 0 Å². The van der Waals surface area contributed by atoms with Gasteiger partial charge in [0.25, 0.3) is 0 Å². The summed E-state index contributed by atoms with van der Waals surface area (Å²) < 4.78 is 11.7. The van der Waals surface area contributed by atoms with Gasteiger partial charge in [0, 0.05) is 13.0 Å². The summed E-state index contributed by atoms with van der Waals surface area (Å²) in [7, 11) is -1.54. The third-order valence-electron chi connectivity index (χ3n) is 10.5. The van der Waals surface area contributed by atoms with E-state index < -0.39 is 8.32 Å². The lowest BCUT2D eigenvalue weighted by Gasteiger charge is -2.36. The largest absolute Gasteiger partial charge is 0.461 e. The fourth-order valence-electron chi connectivity index (χ4n) is 6.14. The van der Waals surface area contributed by atoms with E-state index in [4.69, 9.17) is 9.16 Å². The molecule has 0 bridgehead atoms. The Bertz CT molecular complexity index is 816. The molecule has 0 heterocycles. The van der Waals surface area contributed by atoms with Crippen LogP contribution in [0.5, 0.6) is 0 Å². The first kappa shape index (κ1) is 43.9. The summed E-state index contributed by atoms with van der Waals surface area (Å²) >= 11 is 0. The zero-order valence-corrected chi connectivity index (χ0v) is 33.3. The molecule has 0 amide bonds. The average Bonchev–Trinajstić information content (AvgIpc) is 3.04. The molecule has 1 rings (SSSR count). The van der Waals surface area contributed by atoms with Gasteiger partial charge in [-0.05, 0) is 36.5 Å². The molecule has 0 aliphatic rings. The minimum Gasteiger partial charge on any atom is -0.461 e. The van der Waals surface area contributed by atoms with Crippen LogP contribution in [0.25, 0.3) is 0 Å². The van der Waals surface area contributed by atoms with Crippen molar-refractivity contribution < 1.29 is 14.0 Å². The summed E-state index contributed by atoms with van der Waals surface area (Å²) in [6.45, 7) is 13.1. The van der Waals surface area contributed by atoms with E-state index in [0.717, 1.165) is 25.0 Å². The summed E-state index contributed by atoms with van der Waals surface area (Å²) in [5.41, 5.74) is 1.06. The van der Waals surface area contributed by atoms with Crippen molar-refractivity contribution >= 4 is 14.3 Å². The van der Waals surface area contributed by atoms with Crippen molar-refractivity contribution in [3.63, 3.8) is 0 Å². The van der Waals surface area contributed by atoms with Crippen molar-refractivity contribution in [1.82, 2.24) is 0 Å². The van der Waals surface area contributed by atoms with E-state index in [2.05, 4.69) is 33.9 Å². The molecule has 0 spiro atoms. The van der Waals surface area contributed by atoms with E-state index in [-0.39, 0.29) is 5.97 Å². The van der Waals surface area contributed by atoms with Crippen molar-refractivity contribution in [1.29, 1.82) is 0 Å². The molecule has 0 saturated heterocycles. The highest BCUT2D eigenvalue weighted by atomic mass is 28.4. The van der Waals surface area contributed by atoms with Crippen molar-refractivity contribution in [3.05, 3.63) is 35.9 Å². The Hall–Kier alpha value is -1.13. The Kier molecular flexibility index (Phi) is 27.8. The summed E-state index contributed by atoms with van der Waals surface area (Å²) in [6.07, 6.45) is 37.9. The number of hydrogen-bond acceptors (Lipinski definition) is 3. The fourth-order valence-corrected chi connectivity index (χ4v) is 7.23. The summed E-state index contributed by atoms with van der Waals surface area (Å²) in [5, 5.41) is 0.336. The molecule has 1 aromatic carbocycles. The molecular formula is C43H80O3Si. The molecule has 0 aliphatic heterocycles. The first-order valence-electron chi connectivity index (χ1n) is 20.6. The van der Waals surface area contributed by atoms with Crippen LogP contribution in [-0.2, 0) is 20.6 Å². The molecule has 0 N–H and O–H groups in total. The maximum atomic E-state index is 11.9. The number of unbranched alkanes of at least 4 members (excludes halogenated alkanes) is 26. The van der Waals surface area contributed by atoms with Gasteiger partial charge in [-0.2, -0.15) is 0 Å². The van der Waals surface area contributed by atoms with Crippen LogP contribution in [0.4, 0.5) is 0 Å². The van der Waals surface area contributed by atoms with Gasteiger partial charge in [0.1, 0.15) is 6.61 Å². The van der Waals surface area contributed by atoms with E-state index in [9.17, 15) is 4.79 Å². The van der Waals surface area contributed by atoms with Crippen molar-refractivity contribution in [2.45, 2.75) is 225 Å². The number of rotatable bonds is 33. The predicted octanol–water partition coefficient (Wildman–Crippen LogP) is 14.7. The summed E-state index contributed by atoms with van der Waals surface area (Å²) in [6, 6.07) is 9.93. The Morgan fingerprint density at radius 2 is 0.830 bits per heavy atom. The Morgan fingerprint density at radius 3 is 1.17 bits per heavy atom. The minimum atomic E-state index is -1.54. The average molecular weight is 673 g/mol. The molecule has 3 nitrogen and oxygen atoms in total. The summed E-state index contributed by atoms with van der Waals surface area (Å²) in [4.78, 5) is 11.9. The van der Waals surface area contributed by atoms with Crippen LogP contribution in [0.1, 0.15) is 206 Å². The Labute approximate surface area is 295 Å². The molecule has 0 radical (unpaired) electrons. The van der Waals surface area contributed by atoms with Crippen LogP contribution >= 0.6 is 0 Å². The molecule has 0 fully saturated rings. The van der Waals surface area contributed by atoms with Crippen molar-refractivity contribution in [3.8, 4) is 0 Å². The highest BCUT2D eigenvalue weighted by molar-refractivity contribution is 6.74. The van der Waals surface area contributed by atoms with E-state index >= 15 is 0 Å². The summed E-state index contributed by atoms with van der Waals surface area (Å²) in [5.74, 6) is -0.0585. The first-order valence-corrected chi connectivity index (χ1v) is 23.5. The molecule has 47 heavy (non-hydrogen) atoms. The number of carbonyl (C=O) groups is 1. The van der Waals surface area contributed by atoms with Crippen LogP contribution in [0, 0.1) is 0 Å². The van der Waals surface area contributed by atoms with Crippen LogP contribution in [0.3, 0.4) is 0 Å². The van der Waals surface area contributed by atoms with Crippen LogP contribution < -0.4 is 0 Å². The number of ether oxygens (including phenoxy) is 1. The maximum Gasteiger partial charge on any atom is 0.306 e. The van der Waals surface area contributed by atoms with Gasteiger partial charge in [-0.25, -0.2) is 0 Å². The van der Waals surface area contributed by atoms with Gasteiger partial charge in [-0.15, -0.1) is 0 Å². The zero-order chi connectivity index (χ0) is 34.3. The third kappa shape index (κ3) is 27.4. The van der Waals surface area contributed by atoms with Gasteiger partial charge in [0.15, 0.2) is 8.32 Å². The molecule has 0 aromatic heterocycles. The molecule has 0 aliphatic carbocycles. The van der Waals surface area contributed by atoms with Crippen LogP contribution in [0.2, 0.25) is 18.1 Å². The van der Waals surface area contributed by atoms with Gasteiger partial charge >= 0.3 is 5.97 Å². The lowest BCUT2D eigenvalue weighted by molar-refractivity contribution is -0.145. The monoisotopic (exact) mass is 673 g/mol. The Balaban J connectivity index is 1.68. The third-order valence-corrected chi connectivity index (χ3v) is 15.1. The number of esters is 1. The molecule has 274 valence electrons.